The fourth-order valence-electron chi connectivity index (χ4n) is 1.21. The molecule has 0 aliphatic carbocycles. The van der Waals surface area contributed by atoms with E-state index in [9.17, 15) is 0 Å². The first kappa shape index (κ1) is 9.26. The fraction of sp³-hybridized carbons (Fsp3) is 0.250. The molecule has 74 valence electrons. The van der Waals surface area contributed by atoms with Gasteiger partial charge in [0.15, 0.2) is 0 Å². The van der Waals surface area contributed by atoms with E-state index >= 15 is 0 Å². The van der Waals surface area contributed by atoms with Gasteiger partial charge in [0.2, 0.25) is 0 Å². The van der Waals surface area contributed by atoms with Crippen LogP contribution in [0.2, 0.25) is 0 Å². The highest BCUT2D eigenvalue weighted by atomic mass is 79.9. The smallest absolute Gasteiger partial charge is 0.121 e. The van der Waals surface area contributed by atoms with Crippen LogP contribution < -0.4 is 5.73 Å². The lowest BCUT2D eigenvalue weighted by molar-refractivity contribution is 0.749. The summed E-state index contributed by atoms with van der Waals surface area (Å²) in [5.41, 5.74) is 7.46. The van der Waals surface area contributed by atoms with E-state index in [-0.39, 0.29) is 0 Å². The van der Waals surface area contributed by atoms with Crippen molar-refractivity contribution in [3.8, 4) is 11.3 Å². The number of aromatic nitrogens is 4. The van der Waals surface area contributed by atoms with E-state index in [2.05, 4.69) is 26.1 Å². The van der Waals surface area contributed by atoms with Gasteiger partial charge < -0.3 is 5.73 Å². The Kier molecular flexibility index (Phi) is 2.07. The molecule has 0 aliphatic heterocycles. The number of hydrogen-bond acceptors (Lipinski definition) is 3. The average molecular weight is 256 g/mol. The molecule has 0 bridgehead atoms. The molecule has 2 heterocycles. The normalized spacial score (nSPS) is 10.8. The van der Waals surface area contributed by atoms with Gasteiger partial charge in [-0.15, -0.1) is 0 Å². The molecule has 0 saturated heterocycles. The number of rotatable bonds is 1. The van der Waals surface area contributed by atoms with Gasteiger partial charge in [-0.1, -0.05) is 0 Å². The second kappa shape index (κ2) is 3.13. The van der Waals surface area contributed by atoms with Crippen LogP contribution in [0.25, 0.3) is 11.3 Å². The molecular formula is C8H10BrN5. The number of aryl methyl sites for hydroxylation is 2. The number of nitrogens with two attached hydrogens (primary N) is 1. The number of halogens is 1. The second-order valence-corrected chi connectivity index (χ2v) is 3.80. The van der Waals surface area contributed by atoms with Crippen LogP contribution >= 0.6 is 15.9 Å². The topological polar surface area (TPSA) is 61.7 Å². The zero-order valence-corrected chi connectivity index (χ0v) is 9.48. The fourth-order valence-corrected chi connectivity index (χ4v) is 1.60. The van der Waals surface area contributed by atoms with E-state index in [1.54, 1.807) is 15.6 Å². The average Bonchev–Trinajstić information content (AvgIpc) is 2.61. The molecule has 0 atom stereocenters. The van der Waals surface area contributed by atoms with Crippen LogP contribution in [0.4, 0.5) is 5.82 Å². The van der Waals surface area contributed by atoms with Gasteiger partial charge in [0.25, 0.3) is 0 Å². The lowest BCUT2D eigenvalue weighted by Crippen LogP contribution is -1.96. The van der Waals surface area contributed by atoms with Crippen molar-refractivity contribution in [2.75, 3.05) is 5.73 Å². The number of nitrogen functional groups attached to an aromatic ring is 1. The van der Waals surface area contributed by atoms with Crippen molar-refractivity contribution in [1.82, 2.24) is 19.6 Å². The molecule has 0 unspecified atom stereocenters. The van der Waals surface area contributed by atoms with E-state index < -0.39 is 0 Å². The standard InChI is InChI=1S/C8H10BrN5/c1-13-7(10)3-6(12-13)5-4-11-14(2)8(5)9/h3-4H,10H2,1-2H3. The Bertz CT molecular complexity index is 451. The molecule has 0 amide bonds. The van der Waals surface area contributed by atoms with Gasteiger partial charge in [0.1, 0.15) is 10.4 Å². The molecule has 2 rings (SSSR count). The summed E-state index contributed by atoms with van der Waals surface area (Å²) < 4.78 is 4.27. The summed E-state index contributed by atoms with van der Waals surface area (Å²) in [5.74, 6) is 0.635. The second-order valence-electron chi connectivity index (χ2n) is 3.05. The molecule has 0 aromatic carbocycles. The summed E-state index contributed by atoms with van der Waals surface area (Å²) in [7, 11) is 3.67. The van der Waals surface area contributed by atoms with Gasteiger partial charge in [-0.25, -0.2) is 0 Å². The van der Waals surface area contributed by atoms with Gasteiger partial charge in [0, 0.05) is 20.2 Å². The Morgan fingerprint density at radius 3 is 2.50 bits per heavy atom. The minimum absolute atomic E-state index is 0.635. The molecule has 0 fully saturated rings. The van der Waals surface area contributed by atoms with Crippen LogP contribution in [0, 0.1) is 0 Å². The molecule has 2 aromatic heterocycles. The summed E-state index contributed by atoms with van der Waals surface area (Å²) >= 11 is 3.43. The first-order valence-corrected chi connectivity index (χ1v) is 4.86. The van der Waals surface area contributed by atoms with Crippen molar-refractivity contribution < 1.29 is 0 Å². The lowest BCUT2D eigenvalue weighted by atomic mass is 10.2. The van der Waals surface area contributed by atoms with Gasteiger partial charge in [-0.05, 0) is 15.9 Å². The number of anilines is 1. The van der Waals surface area contributed by atoms with Gasteiger partial charge >= 0.3 is 0 Å². The van der Waals surface area contributed by atoms with E-state index in [0.717, 1.165) is 15.9 Å². The maximum atomic E-state index is 5.69. The van der Waals surface area contributed by atoms with Crippen LogP contribution in [0.15, 0.2) is 16.9 Å². The lowest BCUT2D eigenvalue weighted by Gasteiger charge is -1.93. The highest BCUT2D eigenvalue weighted by Crippen LogP contribution is 2.27. The molecule has 0 saturated carbocycles. The van der Waals surface area contributed by atoms with Crippen molar-refractivity contribution in [3.63, 3.8) is 0 Å². The summed E-state index contributed by atoms with van der Waals surface area (Å²) in [6, 6.07) is 1.82. The Morgan fingerprint density at radius 2 is 2.07 bits per heavy atom. The van der Waals surface area contributed by atoms with Gasteiger partial charge in [-0.2, -0.15) is 10.2 Å². The quantitative estimate of drug-likeness (QED) is 0.832. The third-order valence-corrected chi connectivity index (χ3v) is 3.00. The van der Waals surface area contributed by atoms with Crippen LogP contribution in [0.3, 0.4) is 0 Å². The molecule has 2 N–H and O–H groups in total. The van der Waals surface area contributed by atoms with Crippen LogP contribution in [-0.2, 0) is 14.1 Å². The molecule has 2 aromatic rings. The predicted molar refractivity (Wildman–Crippen MR) is 57.5 cm³/mol. The minimum atomic E-state index is 0.635. The van der Waals surface area contributed by atoms with Crippen molar-refractivity contribution in [2.45, 2.75) is 0 Å². The van der Waals surface area contributed by atoms with Gasteiger partial charge in [0.05, 0.1) is 17.5 Å². The van der Waals surface area contributed by atoms with Crippen molar-refractivity contribution in [3.05, 3.63) is 16.9 Å². The summed E-state index contributed by atoms with van der Waals surface area (Å²) in [4.78, 5) is 0. The molecule has 0 aliphatic rings. The van der Waals surface area contributed by atoms with Crippen molar-refractivity contribution >= 4 is 21.7 Å². The Morgan fingerprint density at radius 1 is 1.36 bits per heavy atom. The molecule has 6 heteroatoms. The molecular weight excluding hydrogens is 246 g/mol. The SMILES string of the molecule is Cn1nc(-c2cnn(C)c2Br)cc1N. The first-order valence-electron chi connectivity index (χ1n) is 4.07. The van der Waals surface area contributed by atoms with E-state index in [1.165, 1.54) is 0 Å². The molecule has 0 radical (unpaired) electrons. The zero-order chi connectivity index (χ0) is 10.3. The largest absolute Gasteiger partial charge is 0.384 e. The highest BCUT2D eigenvalue weighted by molar-refractivity contribution is 9.10. The third-order valence-electron chi connectivity index (χ3n) is 2.06. The van der Waals surface area contributed by atoms with E-state index in [1.807, 2.05) is 20.2 Å². The molecule has 0 spiro atoms. The van der Waals surface area contributed by atoms with Crippen LogP contribution in [0.1, 0.15) is 0 Å². The third kappa shape index (κ3) is 1.31. The Balaban J connectivity index is 2.54. The minimum Gasteiger partial charge on any atom is -0.384 e. The Hall–Kier alpha value is -1.30. The summed E-state index contributed by atoms with van der Waals surface area (Å²) in [6.45, 7) is 0. The van der Waals surface area contributed by atoms with Crippen LogP contribution in [-0.4, -0.2) is 19.6 Å². The maximum absolute atomic E-state index is 5.69. The van der Waals surface area contributed by atoms with Gasteiger partial charge in [-0.3, -0.25) is 9.36 Å². The summed E-state index contributed by atoms with van der Waals surface area (Å²) in [5, 5.41) is 8.37. The highest BCUT2D eigenvalue weighted by Gasteiger charge is 2.11. The first-order chi connectivity index (χ1) is 6.59. The predicted octanol–water partition coefficient (Wildman–Crippen LogP) is 1.17. The monoisotopic (exact) mass is 255 g/mol. The van der Waals surface area contributed by atoms with Crippen LogP contribution in [0.5, 0.6) is 0 Å². The van der Waals surface area contributed by atoms with E-state index in [4.69, 9.17) is 5.73 Å². The number of hydrogen-bond donors (Lipinski definition) is 1. The van der Waals surface area contributed by atoms with E-state index in [0.29, 0.717) is 5.82 Å². The summed E-state index contributed by atoms with van der Waals surface area (Å²) in [6.07, 6.45) is 1.76. The van der Waals surface area contributed by atoms with Crippen molar-refractivity contribution in [2.24, 2.45) is 14.1 Å². The number of nitrogens with zero attached hydrogens (tertiary/aromatic N) is 4. The molecule has 14 heavy (non-hydrogen) atoms. The zero-order valence-electron chi connectivity index (χ0n) is 7.90. The maximum Gasteiger partial charge on any atom is 0.121 e. The molecule has 5 nitrogen and oxygen atoms in total. The Labute approximate surface area is 89.6 Å². The van der Waals surface area contributed by atoms with Crippen molar-refractivity contribution in [1.29, 1.82) is 0 Å².